The van der Waals surface area contributed by atoms with Crippen LogP contribution in [0.4, 0.5) is 0 Å². The average molecular weight is 459 g/mol. The number of hydrogen-bond acceptors (Lipinski definition) is 3. The van der Waals surface area contributed by atoms with Gasteiger partial charge in [-0.05, 0) is 62.4 Å². The van der Waals surface area contributed by atoms with E-state index < -0.39 is 5.97 Å². The Bertz CT molecular complexity index is 1120. The monoisotopic (exact) mass is 458 g/mol. The summed E-state index contributed by atoms with van der Waals surface area (Å²) in [6.07, 6.45) is 0. The van der Waals surface area contributed by atoms with Gasteiger partial charge in [0.05, 0.1) is 4.47 Å². The molecule has 0 aliphatic heterocycles. The third-order valence-corrected chi connectivity index (χ3v) is 5.20. The van der Waals surface area contributed by atoms with Crippen LogP contribution in [0.3, 0.4) is 0 Å². The summed E-state index contributed by atoms with van der Waals surface area (Å²) >= 11 is 3.51. The zero-order valence-corrected chi connectivity index (χ0v) is 17.7. The lowest BCUT2D eigenvalue weighted by molar-refractivity contribution is -0.136. The van der Waals surface area contributed by atoms with Gasteiger partial charge in [-0.15, -0.1) is 0 Å². The highest BCUT2D eigenvalue weighted by molar-refractivity contribution is 9.10. The van der Waals surface area contributed by atoms with Gasteiger partial charge in [-0.25, -0.2) is 4.79 Å². The lowest BCUT2D eigenvalue weighted by atomic mass is 10.1. The van der Waals surface area contributed by atoms with E-state index in [4.69, 9.17) is 9.47 Å². The predicted octanol–water partition coefficient (Wildman–Crippen LogP) is 6.77. The van der Waals surface area contributed by atoms with E-state index in [-0.39, 0.29) is 6.61 Å². The van der Waals surface area contributed by atoms with Gasteiger partial charge in [0.1, 0.15) is 11.5 Å². The van der Waals surface area contributed by atoms with Crippen LogP contribution in [-0.4, -0.2) is 12.6 Å². The minimum absolute atomic E-state index is 0.177. The number of carbonyl (C=O) groups excluding carboxylic acids is 1. The highest BCUT2D eigenvalue weighted by Crippen LogP contribution is 2.30. The lowest BCUT2D eigenvalue weighted by Gasteiger charge is -2.10. The summed E-state index contributed by atoms with van der Waals surface area (Å²) in [6.45, 7) is -0.177. The normalized spacial score (nSPS) is 10.4. The van der Waals surface area contributed by atoms with Crippen LogP contribution in [0, 0.1) is 0 Å². The molecule has 0 radical (unpaired) electrons. The molecule has 30 heavy (non-hydrogen) atoms. The van der Waals surface area contributed by atoms with Gasteiger partial charge < -0.3 is 9.47 Å². The number of ether oxygens (including phenoxy) is 2. The van der Waals surface area contributed by atoms with Crippen LogP contribution in [0.2, 0.25) is 0 Å². The first kappa shape index (κ1) is 19.9. The van der Waals surface area contributed by atoms with E-state index in [9.17, 15) is 4.79 Å². The molecule has 4 aromatic rings. The number of carbonyl (C=O) groups is 1. The van der Waals surface area contributed by atoms with Crippen molar-refractivity contribution in [2.45, 2.75) is 0 Å². The van der Waals surface area contributed by atoms with Crippen molar-refractivity contribution >= 4 is 21.9 Å². The molecule has 0 atom stereocenters. The predicted molar refractivity (Wildman–Crippen MR) is 123 cm³/mol. The number of halogens is 1. The second-order valence-corrected chi connectivity index (χ2v) is 7.52. The van der Waals surface area contributed by atoms with Crippen molar-refractivity contribution in [2.24, 2.45) is 0 Å². The molecule has 3 nitrogen and oxygen atoms in total. The van der Waals surface area contributed by atoms with Crippen molar-refractivity contribution in [3.63, 3.8) is 0 Å². The van der Waals surface area contributed by atoms with Crippen molar-refractivity contribution in [1.29, 1.82) is 0 Å². The molecule has 0 spiro atoms. The maximum absolute atomic E-state index is 12.2. The van der Waals surface area contributed by atoms with Crippen molar-refractivity contribution in [1.82, 2.24) is 0 Å². The van der Waals surface area contributed by atoms with Crippen LogP contribution in [-0.2, 0) is 4.79 Å². The zero-order valence-electron chi connectivity index (χ0n) is 16.1. The van der Waals surface area contributed by atoms with Gasteiger partial charge in [0.15, 0.2) is 6.61 Å². The topological polar surface area (TPSA) is 35.5 Å². The first-order chi connectivity index (χ1) is 14.7. The van der Waals surface area contributed by atoms with Crippen LogP contribution in [0.15, 0.2) is 108 Å². The molecule has 0 fully saturated rings. The maximum atomic E-state index is 12.2. The molecule has 4 rings (SSSR count). The molecule has 0 amide bonds. The molecule has 0 unspecified atom stereocenters. The van der Waals surface area contributed by atoms with Crippen molar-refractivity contribution in [3.8, 4) is 33.8 Å². The fraction of sp³-hybridized carbons (Fsp3) is 0.0385. The molecule has 148 valence electrons. The quantitative estimate of drug-likeness (QED) is 0.236. The number of hydrogen-bond donors (Lipinski definition) is 0. The van der Waals surface area contributed by atoms with Gasteiger partial charge in [0.2, 0.25) is 0 Å². The first-order valence-corrected chi connectivity index (χ1v) is 10.3. The van der Waals surface area contributed by atoms with E-state index in [2.05, 4.69) is 15.9 Å². The molecular weight excluding hydrogens is 440 g/mol. The Morgan fingerprint density at radius 2 is 1.20 bits per heavy atom. The van der Waals surface area contributed by atoms with Crippen molar-refractivity contribution < 1.29 is 14.3 Å². The third kappa shape index (κ3) is 4.97. The Balaban J connectivity index is 1.35. The fourth-order valence-corrected chi connectivity index (χ4v) is 3.56. The summed E-state index contributed by atoms with van der Waals surface area (Å²) in [5.74, 6) is 0.620. The Hall–Kier alpha value is -3.37. The number of esters is 1. The van der Waals surface area contributed by atoms with Gasteiger partial charge in [-0.3, -0.25) is 0 Å². The van der Waals surface area contributed by atoms with Crippen LogP contribution in [0.1, 0.15) is 0 Å². The third-order valence-electron chi connectivity index (χ3n) is 4.58. The minimum Gasteiger partial charge on any atom is -0.481 e. The van der Waals surface area contributed by atoms with E-state index in [0.29, 0.717) is 11.5 Å². The second-order valence-electron chi connectivity index (χ2n) is 6.66. The molecule has 0 aliphatic carbocycles. The molecule has 0 bridgehead atoms. The Morgan fingerprint density at radius 3 is 1.80 bits per heavy atom. The molecule has 0 saturated carbocycles. The van der Waals surface area contributed by atoms with E-state index in [1.165, 1.54) is 0 Å². The lowest BCUT2D eigenvalue weighted by Crippen LogP contribution is -2.17. The Kier molecular flexibility index (Phi) is 6.26. The molecule has 0 aromatic heterocycles. The van der Waals surface area contributed by atoms with Gasteiger partial charge in [-0.1, -0.05) is 78.9 Å². The van der Waals surface area contributed by atoms with E-state index in [1.54, 1.807) is 12.1 Å². The van der Waals surface area contributed by atoms with Crippen LogP contribution in [0.5, 0.6) is 11.5 Å². The SMILES string of the molecule is O=C(COc1ccc(-c2ccccc2)cc1Br)Oc1ccc(-c2ccccc2)cc1. The van der Waals surface area contributed by atoms with Crippen LogP contribution >= 0.6 is 15.9 Å². The van der Waals surface area contributed by atoms with E-state index in [0.717, 1.165) is 26.7 Å². The summed E-state index contributed by atoms with van der Waals surface area (Å²) in [4.78, 5) is 12.2. The van der Waals surface area contributed by atoms with Crippen LogP contribution < -0.4 is 9.47 Å². The van der Waals surface area contributed by atoms with Gasteiger partial charge in [0.25, 0.3) is 0 Å². The van der Waals surface area contributed by atoms with Gasteiger partial charge in [-0.2, -0.15) is 0 Å². The summed E-state index contributed by atoms with van der Waals surface area (Å²) in [7, 11) is 0. The summed E-state index contributed by atoms with van der Waals surface area (Å²) in [5.41, 5.74) is 4.36. The minimum atomic E-state index is -0.457. The Labute approximate surface area is 184 Å². The van der Waals surface area contributed by atoms with Gasteiger partial charge >= 0.3 is 5.97 Å². The van der Waals surface area contributed by atoms with Crippen LogP contribution in [0.25, 0.3) is 22.3 Å². The Morgan fingerprint density at radius 1 is 0.667 bits per heavy atom. The number of rotatable bonds is 6. The average Bonchev–Trinajstić information content (AvgIpc) is 2.80. The fourth-order valence-electron chi connectivity index (χ4n) is 3.07. The molecule has 0 heterocycles. The zero-order chi connectivity index (χ0) is 20.8. The van der Waals surface area contributed by atoms with E-state index >= 15 is 0 Å². The van der Waals surface area contributed by atoms with Crippen molar-refractivity contribution in [3.05, 3.63) is 108 Å². The van der Waals surface area contributed by atoms with Gasteiger partial charge in [0, 0.05) is 0 Å². The largest absolute Gasteiger partial charge is 0.481 e. The number of benzene rings is 4. The smallest absolute Gasteiger partial charge is 0.349 e. The highest BCUT2D eigenvalue weighted by Gasteiger charge is 2.10. The molecule has 4 aromatic carbocycles. The maximum Gasteiger partial charge on any atom is 0.349 e. The summed E-state index contributed by atoms with van der Waals surface area (Å²) < 4.78 is 11.8. The first-order valence-electron chi connectivity index (χ1n) is 9.53. The molecule has 4 heteroatoms. The standard InChI is InChI=1S/C26H19BrO3/c27-24-17-22(20-9-5-2-6-10-20)13-16-25(24)29-18-26(28)30-23-14-11-21(12-15-23)19-7-3-1-4-8-19/h1-17H,18H2. The molecule has 0 saturated heterocycles. The second kappa shape index (κ2) is 9.42. The molecule has 0 aliphatic rings. The van der Waals surface area contributed by atoms with Crippen molar-refractivity contribution in [2.75, 3.05) is 6.61 Å². The summed E-state index contributed by atoms with van der Waals surface area (Å²) in [6, 6.07) is 33.3. The van der Waals surface area contributed by atoms with E-state index in [1.807, 2.05) is 91.0 Å². The summed E-state index contributed by atoms with van der Waals surface area (Å²) in [5, 5.41) is 0. The highest BCUT2D eigenvalue weighted by atomic mass is 79.9. The molecule has 0 N–H and O–H groups in total. The molecular formula is C26H19BrO3.